The van der Waals surface area contributed by atoms with Crippen LogP contribution in [0.4, 0.5) is 5.69 Å². The summed E-state index contributed by atoms with van der Waals surface area (Å²) in [6, 6.07) is 17.4. The third-order valence-electron chi connectivity index (χ3n) is 4.55. The maximum atomic E-state index is 12.8. The maximum absolute atomic E-state index is 12.8. The van der Waals surface area contributed by atoms with Crippen LogP contribution in [0, 0.1) is 6.92 Å². The Kier molecular flexibility index (Phi) is 4.38. The second-order valence-corrected chi connectivity index (χ2v) is 6.52. The van der Waals surface area contributed by atoms with Crippen LogP contribution < -0.4 is 5.32 Å². The van der Waals surface area contributed by atoms with Gasteiger partial charge in [0.15, 0.2) is 0 Å². The molecule has 1 fully saturated rings. The van der Waals surface area contributed by atoms with Crippen molar-refractivity contribution in [3.8, 4) is 0 Å². The molecule has 1 aliphatic carbocycles. The van der Waals surface area contributed by atoms with Gasteiger partial charge in [-0.25, -0.2) is 0 Å². The summed E-state index contributed by atoms with van der Waals surface area (Å²) in [5, 5.41) is 2.83. The number of hydrogen-bond donors (Lipinski definition) is 1. The molecular formula is C20H22N2O2. The summed E-state index contributed by atoms with van der Waals surface area (Å²) in [6.07, 6.45) is 1.69. The molecule has 1 saturated carbocycles. The van der Waals surface area contributed by atoms with E-state index in [4.69, 9.17) is 0 Å². The minimum atomic E-state index is -0.430. The van der Waals surface area contributed by atoms with Crippen LogP contribution in [0.5, 0.6) is 0 Å². The molecule has 0 unspecified atom stereocenters. The lowest BCUT2D eigenvalue weighted by Crippen LogP contribution is -2.41. The van der Waals surface area contributed by atoms with E-state index in [1.54, 1.807) is 7.05 Å². The first-order chi connectivity index (χ1) is 11.5. The summed E-state index contributed by atoms with van der Waals surface area (Å²) < 4.78 is 0. The van der Waals surface area contributed by atoms with Crippen LogP contribution >= 0.6 is 0 Å². The average Bonchev–Trinajstić information content (AvgIpc) is 3.39. The number of amides is 2. The fourth-order valence-corrected chi connectivity index (χ4v) is 3.00. The van der Waals surface area contributed by atoms with Gasteiger partial charge in [0.05, 0.1) is 12.0 Å². The van der Waals surface area contributed by atoms with Crippen molar-refractivity contribution >= 4 is 17.5 Å². The highest BCUT2D eigenvalue weighted by Gasteiger charge is 2.52. The number of aryl methyl sites for hydroxylation is 1. The first-order valence-corrected chi connectivity index (χ1v) is 8.19. The highest BCUT2D eigenvalue weighted by molar-refractivity contribution is 5.97. The number of benzene rings is 2. The summed E-state index contributed by atoms with van der Waals surface area (Å²) in [4.78, 5) is 26.5. The van der Waals surface area contributed by atoms with Crippen molar-refractivity contribution in [1.82, 2.24) is 4.90 Å². The number of nitrogens with one attached hydrogen (secondary N) is 1. The number of nitrogens with zero attached hydrogens (tertiary/aromatic N) is 1. The summed E-state index contributed by atoms with van der Waals surface area (Å²) in [6.45, 7) is 2.05. The van der Waals surface area contributed by atoms with Crippen LogP contribution in [-0.4, -0.2) is 30.3 Å². The van der Waals surface area contributed by atoms with Crippen LogP contribution in [0.25, 0.3) is 0 Å². The number of anilines is 1. The van der Waals surface area contributed by atoms with Crippen LogP contribution in [0.3, 0.4) is 0 Å². The van der Waals surface area contributed by atoms with Crippen LogP contribution in [0.2, 0.25) is 0 Å². The van der Waals surface area contributed by atoms with Gasteiger partial charge in [0.25, 0.3) is 0 Å². The van der Waals surface area contributed by atoms with E-state index in [9.17, 15) is 9.59 Å². The first kappa shape index (κ1) is 16.2. The van der Waals surface area contributed by atoms with Crippen LogP contribution in [-0.2, 0) is 15.0 Å². The maximum Gasteiger partial charge on any atom is 0.243 e. The Morgan fingerprint density at radius 2 is 1.67 bits per heavy atom. The number of carbonyl (C=O) groups excluding carboxylic acids is 2. The van der Waals surface area contributed by atoms with Crippen LogP contribution in [0.1, 0.15) is 24.0 Å². The lowest BCUT2D eigenvalue weighted by atomic mass is 9.94. The lowest BCUT2D eigenvalue weighted by Gasteiger charge is -2.23. The van der Waals surface area contributed by atoms with Gasteiger partial charge in [-0.1, -0.05) is 48.0 Å². The molecule has 0 radical (unpaired) electrons. The fourth-order valence-electron chi connectivity index (χ4n) is 3.00. The van der Waals surface area contributed by atoms with Gasteiger partial charge in [0.2, 0.25) is 11.8 Å². The van der Waals surface area contributed by atoms with Gasteiger partial charge in [0, 0.05) is 12.7 Å². The zero-order valence-electron chi connectivity index (χ0n) is 14.1. The minimum absolute atomic E-state index is 0.0211. The average molecular weight is 322 g/mol. The summed E-state index contributed by atoms with van der Waals surface area (Å²) in [5.41, 5.74) is 2.50. The molecule has 0 aliphatic heterocycles. The van der Waals surface area contributed by atoms with E-state index >= 15 is 0 Å². The van der Waals surface area contributed by atoms with E-state index in [1.165, 1.54) is 4.90 Å². The molecule has 3 rings (SSSR count). The topological polar surface area (TPSA) is 49.4 Å². The smallest absolute Gasteiger partial charge is 0.243 e. The predicted molar refractivity (Wildman–Crippen MR) is 94.8 cm³/mol. The highest BCUT2D eigenvalue weighted by atomic mass is 16.2. The summed E-state index contributed by atoms with van der Waals surface area (Å²) >= 11 is 0. The SMILES string of the molecule is Cc1ccc(NC(=O)CN(C)C(=O)C2(c3ccccc3)CC2)cc1. The van der Waals surface area contributed by atoms with E-state index in [2.05, 4.69) is 5.32 Å². The van der Waals surface area contributed by atoms with E-state index in [0.29, 0.717) is 0 Å². The first-order valence-electron chi connectivity index (χ1n) is 8.19. The van der Waals surface area contributed by atoms with Crippen molar-refractivity contribution < 1.29 is 9.59 Å². The van der Waals surface area contributed by atoms with E-state index in [0.717, 1.165) is 29.7 Å². The van der Waals surface area contributed by atoms with Crippen molar-refractivity contribution in [3.05, 3.63) is 65.7 Å². The van der Waals surface area contributed by atoms with Gasteiger partial charge in [0.1, 0.15) is 0 Å². The highest BCUT2D eigenvalue weighted by Crippen LogP contribution is 2.49. The predicted octanol–water partition coefficient (Wildman–Crippen LogP) is 3.12. The van der Waals surface area contributed by atoms with Gasteiger partial charge in [-0.3, -0.25) is 9.59 Å². The van der Waals surface area contributed by atoms with Crippen LogP contribution in [0.15, 0.2) is 54.6 Å². The number of hydrogen-bond acceptors (Lipinski definition) is 2. The number of carbonyl (C=O) groups is 2. The van der Waals surface area contributed by atoms with Crippen molar-refractivity contribution in [1.29, 1.82) is 0 Å². The molecule has 4 heteroatoms. The number of likely N-dealkylation sites (N-methyl/N-ethyl adjacent to an activating group) is 1. The Morgan fingerprint density at radius 1 is 1.04 bits per heavy atom. The Balaban J connectivity index is 1.62. The normalized spacial score (nSPS) is 14.8. The van der Waals surface area contributed by atoms with E-state index in [1.807, 2.05) is 61.5 Å². The Hall–Kier alpha value is -2.62. The van der Waals surface area contributed by atoms with Crippen molar-refractivity contribution in [2.75, 3.05) is 18.9 Å². The molecule has 2 aromatic carbocycles. The fraction of sp³-hybridized carbons (Fsp3) is 0.300. The standard InChI is InChI=1S/C20H22N2O2/c1-15-8-10-17(11-9-15)21-18(23)14-22(2)19(24)20(12-13-20)16-6-4-3-5-7-16/h3-11H,12-14H2,1-2H3,(H,21,23). The second-order valence-electron chi connectivity index (χ2n) is 6.52. The molecule has 0 saturated heterocycles. The van der Waals surface area contributed by atoms with Crippen molar-refractivity contribution in [2.45, 2.75) is 25.2 Å². The molecule has 124 valence electrons. The van der Waals surface area contributed by atoms with E-state index < -0.39 is 5.41 Å². The van der Waals surface area contributed by atoms with Gasteiger partial charge < -0.3 is 10.2 Å². The Bertz CT molecular complexity index is 734. The molecule has 0 heterocycles. The Morgan fingerprint density at radius 3 is 2.25 bits per heavy atom. The molecule has 0 bridgehead atoms. The molecular weight excluding hydrogens is 300 g/mol. The third-order valence-corrected chi connectivity index (χ3v) is 4.55. The zero-order chi connectivity index (χ0) is 17.2. The molecule has 0 spiro atoms. The molecule has 4 nitrogen and oxygen atoms in total. The second kappa shape index (κ2) is 6.48. The molecule has 1 aliphatic rings. The molecule has 0 atom stereocenters. The zero-order valence-corrected chi connectivity index (χ0v) is 14.1. The van der Waals surface area contributed by atoms with Gasteiger partial charge in [-0.2, -0.15) is 0 Å². The van der Waals surface area contributed by atoms with Gasteiger partial charge in [-0.15, -0.1) is 0 Å². The molecule has 24 heavy (non-hydrogen) atoms. The largest absolute Gasteiger partial charge is 0.336 e. The van der Waals surface area contributed by atoms with Gasteiger partial charge >= 0.3 is 0 Å². The van der Waals surface area contributed by atoms with Crippen molar-refractivity contribution in [3.63, 3.8) is 0 Å². The molecule has 2 amide bonds. The third kappa shape index (κ3) is 3.32. The summed E-state index contributed by atoms with van der Waals surface area (Å²) in [5.74, 6) is -0.161. The van der Waals surface area contributed by atoms with Gasteiger partial charge in [-0.05, 0) is 37.5 Å². The van der Waals surface area contributed by atoms with E-state index in [-0.39, 0.29) is 18.4 Å². The molecule has 2 aromatic rings. The number of rotatable bonds is 5. The molecule has 1 N–H and O–H groups in total. The minimum Gasteiger partial charge on any atom is -0.336 e. The monoisotopic (exact) mass is 322 g/mol. The van der Waals surface area contributed by atoms with Crippen molar-refractivity contribution in [2.24, 2.45) is 0 Å². The molecule has 0 aromatic heterocycles. The Labute approximate surface area is 142 Å². The lowest BCUT2D eigenvalue weighted by molar-refractivity contribution is -0.135. The quantitative estimate of drug-likeness (QED) is 0.919. The summed E-state index contributed by atoms with van der Waals surface area (Å²) in [7, 11) is 1.69.